The topological polar surface area (TPSA) is 130 Å². The van der Waals surface area contributed by atoms with Crippen molar-refractivity contribution in [2.45, 2.75) is 39.6 Å². The van der Waals surface area contributed by atoms with Gasteiger partial charge in [-0.25, -0.2) is 0 Å². The minimum atomic E-state index is -1.14. The Hall–Kier alpha value is -5.04. The van der Waals surface area contributed by atoms with Crippen LogP contribution in [0.1, 0.15) is 33.4 Å². The molecule has 4 aromatic rings. The molecule has 4 aromatic carbocycles. The number of nitrogens with zero attached hydrogens (tertiary/aromatic N) is 1. The number of nitriles is 1. The molecule has 1 atom stereocenters. The maximum Gasteiger partial charge on any atom is 0.323 e. The zero-order valence-corrected chi connectivity index (χ0v) is 24.6. The number of nitrogens with one attached hydrogen (secondary N) is 1. The van der Waals surface area contributed by atoms with Crippen molar-refractivity contribution in [1.29, 1.82) is 5.26 Å². The van der Waals surface area contributed by atoms with Crippen molar-refractivity contribution in [3.8, 4) is 40.2 Å². The SMILES string of the molecule is Cc1cc(CNC(CO)C(=O)O)c(OCc2cccc(C#N)c2)cc1OCc1cccc(-c2ccc3c(c2)OCCO3)c1C. The quantitative estimate of drug-likeness (QED) is 0.200. The summed E-state index contributed by atoms with van der Waals surface area (Å²) in [5.74, 6) is 1.46. The number of rotatable bonds is 12. The fourth-order valence-electron chi connectivity index (χ4n) is 5.03. The van der Waals surface area contributed by atoms with Crippen molar-refractivity contribution in [3.05, 3.63) is 106 Å². The van der Waals surface area contributed by atoms with E-state index in [1.54, 1.807) is 24.3 Å². The van der Waals surface area contributed by atoms with E-state index in [0.717, 1.165) is 44.9 Å². The average Bonchev–Trinajstić information content (AvgIpc) is 3.04. The summed E-state index contributed by atoms with van der Waals surface area (Å²) in [7, 11) is 0. The van der Waals surface area contributed by atoms with E-state index in [0.29, 0.717) is 42.4 Å². The number of carbonyl (C=O) groups is 1. The Morgan fingerprint density at radius 1 is 0.932 bits per heavy atom. The number of carboxylic acid groups (broad SMARTS) is 1. The summed E-state index contributed by atoms with van der Waals surface area (Å²) in [5, 5.41) is 30.9. The highest BCUT2D eigenvalue weighted by atomic mass is 16.6. The molecule has 9 nitrogen and oxygen atoms in total. The molecule has 1 unspecified atom stereocenters. The molecule has 0 aromatic heterocycles. The fourth-order valence-corrected chi connectivity index (χ4v) is 5.03. The summed E-state index contributed by atoms with van der Waals surface area (Å²) < 4.78 is 24.0. The van der Waals surface area contributed by atoms with Crippen molar-refractivity contribution in [2.75, 3.05) is 19.8 Å². The first-order chi connectivity index (χ1) is 21.4. The molecule has 1 aliphatic rings. The van der Waals surface area contributed by atoms with Crippen LogP contribution in [-0.4, -0.2) is 42.0 Å². The Morgan fingerprint density at radius 3 is 2.48 bits per heavy atom. The van der Waals surface area contributed by atoms with Crippen molar-refractivity contribution in [3.63, 3.8) is 0 Å². The molecule has 0 spiro atoms. The molecule has 0 aliphatic carbocycles. The lowest BCUT2D eigenvalue weighted by Gasteiger charge is -2.20. The normalized spacial score (nSPS) is 12.7. The van der Waals surface area contributed by atoms with Crippen LogP contribution in [0.25, 0.3) is 11.1 Å². The third-order valence-corrected chi connectivity index (χ3v) is 7.51. The number of aliphatic hydroxyl groups excluding tert-OH is 1. The minimum Gasteiger partial charge on any atom is -0.488 e. The molecule has 1 heterocycles. The maximum absolute atomic E-state index is 11.4. The van der Waals surface area contributed by atoms with Crippen molar-refractivity contribution in [2.24, 2.45) is 0 Å². The van der Waals surface area contributed by atoms with E-state index in [1.807, 2.05) is 49.4 Å². The highest BCUT2D eigenvalue weighted by molar-refractivity contribution is 5.73. The predicted octanol–water partition coefficient (Wildman–Crippen LogP) is 5.31. The lowest BCUT2D eigenvalue weighted by atomic mass is 9.96. The van der Waals surface area contributed by atoms with Crippen LogP contribution in [0.15, 0.2) is 72.8 Å². The number of carboxylic acids is 1. The molecule has 0 bridgehead atoms. The second-order valence-corrected chi connectivity index (χ2v) is 10.5. The van der Waals surface area contributed by atoms with E-state index < -0.39 is 18.6 Å². The summed E-state index contributed by atoms with van der Waals surface area (Å²) >= 11 is 0. The van der Waals surface area contributed by atoms with Gasteiger partial charge in [-0.15, -0.1) is 0 Å². The van der Waals surface area contributed by atoms with E-state index in [-0.39, 0.29) is 13.2 Å². The molecular formula is C35H34N2O7. The highest BCUT2D eigenvalue weighted by Crippen LogP contribution is 2.37. The lowest BCUT2D eigenvalue weighted by Crippen LogP contribution is -2.39. The van der Waals surface area contributed by atoms with Gasteiger partial charge >= 0.3 is 5.97 Å². The third kappa shape index (κ3) is 7.11. The van der Waals surface area contributed by atoms with Gasteiger partial charge in [-0.3, -0.25) is 10.1 Å². The fraction of sp³-hybridized carbons (Fsp3) is 0.257. The van der Waals surface area contributed by atoms with Crippen LogP contribution in [0, 0.1) is 25.2 Å². The molecular weight excluding hydrogens is 560 g/mol. The first-order valence-corrected chi connectivity index (χ1v) is 14.3. The van der Waals surface area contributed by atoms with Gasteiger partial charge in [0, 0.05) is 18.2 Å². The largest absolute Gasteiger partial charge is 0.488 e. The summed E-state index contributed by atoms with van der Waals surface area (Å²) in [6.45, 7) is 5.18. The van der Waals surface area contributed by atoms with Crippen molar-refractivity contribution < 1.29 is 34.0 Å². The zero-order valence-electron chi connectivity index (χ0n) is 24.6. The zero-order chi connectivity index (χ0) is 31.1. The first kappa shape index (κ1) is 30.4. The maximum atomic E-state index is 11.4. The molecule has 0 fully saturated rings. The van der Waals surface area contributed by atoms with Gasteiger partial charge in [0.2, 0.25) is 0 Å². The number of hydrogen-bond donors (Lipinski definition) is 3. The van der Waals surface area contributed by atoms with E-state index in [1.165, 1.54) is 0 Å². The van der Waals surface area contributed by atoms with Crippen molar-refractivity contribution in [1.82, 2.24) is 5.32 Å². The number of aliphatic carboxylic acids is 1. The van der Waals surface area contributed by atoms with Gasteiger partial charge < -0.3 is 29.2 Å². The third-order valence-electron chi connectivity index (χ3n) is 7.51. The van der Waals surface area contributed by atoms with Crippen LogP contribution < -0.4 is 24.3 Å². The van der Waals surface area contributed by atoms with Gasteiger partial charge in [0.1, 0.15) is 44.0 Å². The second kappa shape index (κ2) is 14.0. The molecule has 0 saturated carbocycles. The van der Waals surface area contributed by atoms with Gasteiger partial charge in [0.15, 0.2) is 11.5 Å². The lowest BCUT2D eigenvalue weighted by molar-refractivity contribution is -0.140. The number of ether oxygens (including phenoxy) is 4. The van der Waals surface area contributed by atoms with E-state index in [2.05, 4.69) is 24.4 Å². The first-order valence-electron chi connectivity index (χ1n) is 14.3. The molecule has 1 aliphatic heterocycles. The molecule has 0 radical (unpaired) electrons. The molecule has 9 heteroatoms. The average molecular weight is 595 g/mol. The number of fused-ring (bicyclic) bond motifs is 1. The molecule has 0 amide bonds. The minimum absolute atomic E-state index is 0.156. The Morgan fingerprint density at radius 2 is 1.70 bits per heavy atom. The number of hydrogen-bond acceptors (Lipinski definition) is 8. The van der Waals surface area contributed by atoms with Crippen LogP contribution in [0.4, 0.5) is 0 Å². The Balaban J connectivity index is 1.37. The van der Waals surface area contributed by atoms with Crippen LogP contribution >= 0.6 is 0 Å². The summed E-state index contributed by atoms with van der Waals surface area (Å²) in [6, 6.07) is 23.9. The van der Waals surface area contributed by atoms with Gasteiger partial charge in [-0.05, 0) is 77.6 Å². The molecule has 44 heavy (non-hydrogen) atoms. The van der Waals surface area contributed by atoms with E-state index >= 15 is 0 Å². The van der Waals surface area contributed by atoms with Gasteiger partial charge in [-0.1, -0.05) is 36.4 Å². The van der Waals surface area contributed by atoms with Crippen molar-refractivity contribution >= 4 is 5.97 Å². The summed E-state index contributed by atoms with van der Waals surface area (Å²) in [4.78, 5) is 11.4. The van der Waals surface area contributed by atoms with Crippen LogP contribution in [0.2, 0.25) is 0 Å². The number of aliphatic hydroxyl groups is 1. The smallest absolute Gasteiger partial charge is 0.323 e. The van der Waals surface area contributed by atoms with Crippen LogP contribution in [0.5, 0.6) is 23.0 Å². The molecule has 5 rings (SSSR count). The molecule has 0 saturated heterocycles. The monoisotopic (exact) mass is 594 g/mol. The summed E-state index contributed by atoms with van der Waals surface area (Å²) in [5.41, 5.74) is 7.10. The predicted molar refractivity (Wildman–Crippen MR) is 164 cm³/mol. The molecule has 226 valence electrons. The Labute approximate surface area is 256 Å². The molecule has 3 N–H and O–H groups in total. The van der Waals surface area contributed by atoms with Gasteiger partial charge in [0.05, 0.1) is 18.2 Å². The van der Waals surface area contributed by atoms with Crippen LogP contribution in [0.3, 0.4) is 0 Å². The van der Waals surface area contributed by atoms with Gasteiger partial charge in [0.25, 0.3) is 0 Å². The number of aryl methyl sites for hydroxylation is 1. The standard InChI is InChI=1S/C35H34N2O7/c1-22-13-28(18-37-30(19-38)35(39)40)33(43-20-25-6-3-5-24(14-25)17-36)16-32(22)44-21-27-7-4-8-29(23(27)2)26-9-10-31-34(15-26)42-12-11-41-31/h3-10,13-16,30,37-38H,11-12,18-21H2,1-2H3,(H,39,40). The second-order valence-electron chi connectivity index (χ2n) is 10.5. The van der Waals surface area contributed by atoms with Crippen LogP contribution in [-0.2, 0) is 24.6 Å². The number of benzene rings is 4. The highest BCUT2D eigenvalue weighted by Gasteiger charge is 2.18. The Bertz CT molecular complexity index is 1700. The van der Waals surface area contributed by atoms with E-state index in [4.69, 9.17) is 18.9 Å². The Kier molecular flexibility index (Phi) is 9.65. The van der Waals surface area contributed by atoms with E-state index in [9.17, 15) is 20.3 Å². The summed E-state index contributed by atoms with van der Waals surface area (Å²) in [6.07, 6.45) is 0. The van der Waals surface area contributed by atoms with Gasteiger partial charge in [-0.2, -0.15) is 5.26 Å².